The third kappa shape index (κ3) is 3.76. The molecule has 4 saturated carbocycles. The summed E-state index contributed by atoms with van der Waals surface area (Å²) >= 11 is 0. The molecule has 4 aliphatic rings. The molecule has 0 radical (unpaired) electrons. The summed E-state index contributed by atoms with van der Waals surface area (Å²) in [6.45, 7) is 15.3. The van der Waals surface area contributed by atoms with Crippen LogP contribution in [0.3, 0.4) is 0 Å². The molecule has 0 amide bonds. The van der Waals surface area contributed by atoms with E-state index in [2.05, 4.69) is 39.4 Å². The van der Waals surface area contributed by atoms with Crippen LogP contribution in [0, 0.1) is 46.3 Å². The van der Waals surface area contributed by atoms with Gasteiger partial charge in [0.2, 0.25) is 0 Å². The SMILES string of the molecule is CC1CC2C3C(C)[C@@H](C)C4(O)CC(=O)CCC4(C)C3CCC2(C)C1O.CCOC(=O)CC. The lowest BCUT2D eigenvalue weighted by molar-refractivity contribution is -0.246. The lowest BCUT2D eigenvalue weighted by Gasteiger charge is -2.67. The Bertz CT molecular complexity index is 721. The molecule has 0 aliphatic heterocycles. The van der Waals surface area contributed by atoms with Crippen molar-refractivity contribution in [3.05, 3.63) is 0 Å². The molecular weight excluding hydrogens is 404 g/mol. The Labute approximate surface area is 194 Å². The van der Waals surface area contributed by atoms with Gasteiger partial charge in [-0.2, -0.15) is 0 Å². The predicted molar refractivity (Wildman–Crippen MR) is 125 cm³/mol. The summed E-state index contributed by atoms with van der Waals surface area (Å²) in [6, 6.07) is 0. The summed E-state index contributed by atoms with van der Waals surface area (Å²) in [5, 5.41) is 22.6. The summed E-state index contributed by atoms with van der Waals surface area (Å²) in [4.78, 5) is 22.4. The van der Waals surface area contributed by atoms with Crippen molar-refractivity contribution >= 4 is 11.8 Å². The van der Waals surface area contributed by atoms with Gasteiger partial charge in [-0.25, -0.2) is 0 Å². The summed E-state index contributed by atoms with van der Waals surface area (Å²) in [7, 11) is 0. The van der Waals surface area contributed by atoms with E-state index in [1.165, 1.54) is 0 Å². The van der Waals surface area contributed by atoms with Gasteiger partial charge in [-0.3, -0.25) is 9.59 Å². The molecule has 4 fully saturated rings. The second kappa shape index (κ2) is 9.02. The molecular formula is C27H46O5. The van der Waals surface area contributed by atoms with Crippen molar-refractivity contribution in [2.45, 2.75) is 105 Å². The van der Waals surface area contributed by atoms with Gasteiger partial charge in [0.15, 0.2) is 0 Å². The van der Waals surface area contributed by atoms with Crippen molar-refractivity contribution < 1.29 is 24.5 Å². The normalized spacial score (nSPS) is 49.8. The van der Waals surface area contributed by atoms with E-state index in [0.717, 1.165) is 25.7 Å². The van der Waals surface area contributed by atoms with Crippen LogP contribution >= 0.6 is 0 Å². The zero-order valence-corrected chi connectivity index (χ0v) is 21.3. The average molecular weight is 451 g/mol. The molecule has 0 bridgehead atoms. The Morgan fingerprint density at radius 2 is 1.78 bits per heavy atom. The molecule has 0 spiro atoms. The van der Waals surface area contributed by atoms with Gasteiger partial charge in [-0.15, -0.1) is 0 Å². The van der Waals surface area contributed by atoms with E-state index < -0.39 is 5.60 Å². The number of Topliss-reactive ketones (excluding diaryl/α,β-unsaturated/α-hetero) is 1. The monoisotopic (exact) mass is 450 g/mol. The van der Waals surface area contributed by atoms with Gasteiger partial charge < -0.3 is 14.9 Å². The first-order valence-electron chi connectivity index (χ1n) is 12.9. The molecule has 32 heavy (non-hydrogen) atoms. The third-order valence-corrected chi connectivity index (χ3v) is 10.6. The predicted octanol–water partition coefficient (Wildman–Crippen LogP) is 4.77. The molecule has 0 aromatic carbocycles. The number of rotatable bonds is 2. The number of fused-ring (bicyclic) bond motifs is 5. The summed E-state index contributed by atoms with van der Waals surface area (Å²) in [5.74, 6) is 2.62. The van der Waals surface area contributed by atoms with E-state index in [-0.39, 0.29) is 34.6 Å². The van der Waals surface area contributed by atoms with Gasteiger partial charge in [0.05, 0.1) is 18.3 Å². The fraction of sp³-hybridized carbons (Fsp3) is 0.926. The molecule has 5 heteroatoms. The van der Waals surface area contributed by atoms with Gasteiger partial charge in [0, 0.05) is 24.7 Å². The van der Waals surface area contributed by atoms with Crippen LogP contribution in [0.4, 0.5) is 0 Å². The highest BCUT2D eigenvalue weighted by Gasteiger charge is 2.69. The fourth-order valence-electron chi connectivity index (χ4n) is 8.44. The van der Waals surface area contributed by atoms with Gasteiger partial charge in [0.1, 0.15) is 5.78 Å². The number of hydrogen-bond donors (Lipinski definition) is 2. The fourth-order valence-corrected chi connectivity index (χ4v) is 8.44. The molecule has 10 atom stereocenters. The number of ketones is 1. The van der Waals surface area contributed by atoms with Gasteiger partial charge in [-0.05, 0) is 73.5 Å². The molecule has 0 saturated heterocycles. The standard InChI is InChI=1S/C22H36O3.C5H10O2/c1-12-10-17-18-13(2)14(3)22(25)11-15(23)6-9-21(22,5)16(18)7-8-20(17,4)19(12)24;1-3-5(6)7-4-2/h12-14,16-19,24-25H,6-11H2,1-5H3;3-4H2,1-2H3/t12?,13?,14-,16?,17?,18?,19?,20?,21?,22?;/m1./s1. The molecule has 9 unspecified atom stereocenters. The van der Waals surface area contributed by atoms with Crippen LogP contribution in [0.15, 0.2) is 0 Å². The highest BCUT2D eigenvalue weighted by molar-refractivity contribution is 5.81. The van der Waals surface area contributed by atoms with Crippen LogP contribution in [0.25, 0.3) is 0 Å². The first-order valence-corrected chi connectivity index (χ1v) is 12.9. The molecule has 4 aliphatic carbocycles. The zero-order chi connectivity index (χ0) is 24.1. The second-order valence-corrected chi connectivity index (χ2v) is 11.9. The maximum absolute atomic E-state index is 12.2. The van der Waals surface area contributed by atoms with Crippen LogP contribution in [0.5, 0.6) is 0 Å². The Hall–Kier alpha value is -0.940. The minimum atomic E-state index is -0.848. The lowest BCUT2D eigenvalue weighted by Crippen LogP contribution is -2.68. The molecule has 4 rings (SSSR count). The van der Waals surface area contributed by atoms with Crippen molar-refractivity contribution in [1.82, 2.24) is 0 Å². The van der Waals surface area contributed by atoms with Crippen molar-refractivity contribution in [3.63, 3.8) is 0 Å². The Morgan fingerprint density at radius 3 is 2.34 bits per heavy atom. The van der Waals surface area contributed by atoms with E-state index in [1.54, 1.807) is 13.8 Å². The van der Waals surface area contributed by atoms with Crippen LogP contribution in [-0.4, -0.2) is 40.3 Å². The number of carbonyl (C=O) groups is 2. The Morgan fingerprint density at radius 1 is 1.12 bits per heavy atom. The van der Waals surface area contributed by atoms with E-state index in [9.17, 15) is 19.8 Å². The molecule has 0 aromatic rings. The minimum absolute atomic E-state index is 0.0326. The van der Waals surface area contributed by atoms with Crippen molar-refractivity contribution in [2.24, 2.45) is 46.3 Å². The molecule has 2 N–H and O–H groups in total. The van der Waals surface area contributed by atoms with Crippen molar-refractivity contribution in [3.8, 4) is 0 Å². The smallest absolute Gasteiger partial charge is 0.305 e. The summed E-state index contributed by atoms with van der Waals surface area (Å²) in [6.07, 6.45) is 5.36. The highest BCUT2D eigenvalue weighted by atomic mass is 16.5. The Kier molecular flexibility index (Phi) is 7.24. The minimum Gasteiger partial charge on any atom is -0.466 e. The number of aliphatic hydroxyl groups is 2. The molecule has 0 aromatic heterocycles. The van der Waals surface area contributed by atoms with Crippen LogP contribution in [-0.2, 0) is 14.3 Å². The zero-order valence-electron chi connectivity index (χ0n) is 21.3. The van der Waals surface area contributed by atoms with E-state index >= 15 is 0 Å². The van der Waals surface area contributed by atoms with Crippen LogP contribution < -0.4 is 0 Å². The number of carbonyl (C=O) groups excluding carboxylic acids is 2. The van der Waals surface area contributed by atoms with Gasteiger partial charge >= 0.3 is 5.97 Å². The third-order valence-electron chi connectivity index (χ3n) is 10.6. The molecule has 184 valence electrons. The highest BCUT2D eigenvalue weighted by Crippen LogP contribution is 2.70. The lowest BCUT2D eigenvalue weighted by atomic mass is 9.39. The number of esters is 1. The van der Waals surface area contributed by atoms with Gasteiger partial charge in [-0.1, -0.05) is 41.5 Å². The second-order valence-electron chi connectivity index (χ2n) is 11.9. The molecule has 5 nitrogen and oxygen atoms in total. The van der Waals surface area contributed by atoms with E-state index in [4.69, 9.17) is 0 Å². The topological polar surface area (TPSA) is 83.8 Å². The van der Waals surface area contributed by atoms with E-state index in [0.29, 0.717) is 55.5 Å². The van der Waals surface area contributed by atoms with Gasteiger partial charge in [0.25, 0.3) is 0 Å². The maximum Gasteiger partial charge on any atom is 0.305 e. The average Bonchev–Trinajstić information content (AvgIpc) is 2.98. The number of hydrogen-bond acceptors (Lipinski definition) is 5. The van der Waals surface area contributed by atoms with Crippen molar-refractivity contribution in [2.75, 3.05) is 6.61 Å². The Balaban J connectivity index is 0.000000360. The quantitative estimate of drug-likeness (QED) is 0.592. The largest absolute Gasteiger partial charge is 0.466 e. The first kappa shape index (κ1) is 25.7. The number of ether oxygens (including phenoxy) is 1. The maximum atomic E-state index is 12.2. The van der Waals surface area contributed by atoms with Crippen LogP contribution in [0.2, 0.25) is 0 Å². The summed E-state index contributed by atoms with van der Waals surface area (Å²) < 4.78 is 4.55. The first-order chi connectivity index (χ1) is 14.9. The van der Waals surface area contributed by atoms with Crippen molar-refractivity contribution in [1.29, 1.82) is 0 Å². The number of aliphatic hydroxyl groups excluding tert-OH is 1. The summed E-state index contributed by atoms with van der Waals surface area (Å²) in [5.41, 5.74) is -0.972. The molecule has 0 heterocycles. The van der Waals surface area contributed by atoms with Crippen LogP contribution in [0.1, 0.15) is 93.4 Å². The van der Waals surface area contributed by atoms with E-state index in [1.807, 2.05) is 0 Å².